The van der Waals surface area contributed by atoms with Crippen LogP contribution >= 0.6 is 0 Å². The van der Waals surface area contributed by atoms with Crippen molar-refractivity contribution in [3.8, 4) is 0 Å². The number of amides is 1. The zero-order valence-electron chi connectivity index (χ0n) is 15.6. The molecule has 4 fully saturated rings. The lowest BCUT2D eigenvalue weighted by molar-refractivity contribution is -0.125. The number of carbonyl (C=O) groups is 1. The van der Waals surface area contributed by atoms with Gasteiger partial charge in [-0.1, -0.05) is 32.6 Å². The molecule has 2 aliphatic carbocycles. The Balaban J connectivity index is 1.19. The fraction of sp³-hybridized carbons (Fsp3) is 0.947. The molecule has 0 aromatic carbocycles. The molecule has 2 aliphatic heterocycles. The molecule has 3 unspecified atom stereocenters. The predicted octanol–water partition coefficient (Wildman–Crippen LogP) is 1.72. The van der Waals surface area contributed by atoms with Gasteiger partial charge in [0, 0.05) is 26.1 Å². The Labute approximate surface area is 151 Å². The summed E-state index contributed by atoms with van der Waals surface area (Å²) < 4.78 is 0. The molecule has 142 valence electrons. The van der Waals surface area contributed by atoms with Crippen LogP contribution in [0.25, 0.3) is 0 Å². The van der Waals surface area contributed by atoms with Crippen LogP contribution < -0.4 is 16.2 Å². The van der Waals surface area contributed by atoms with Gasteiger partial charge in [0.1, 0.15) is 6.04 Å². The summed E-state index contributed by atoms with van der Waals surface area (Å²) in [6, 6.07) is 0.00560. The van der Waals surface area contributed by atoms with E-state index in [1.165, 1.54) is 51.4 Å². The van der Waals surface area contributed by atoms with E-state index in [-0.39, 0.29) is 29.5 Å². The lowest BCUT2D eigenvalue weighted by Gasteiger charge is -2.42. The first kappa shape index (κ1) is 17.7. The van der Waals surface area contributed by atoms with Crippen LogP contribution in [0.5, 0.6) is 0 Å². The van der Waals surface area contributed by atoms with E-state index in [0.29, 0.717) is 0 Å². The molecule has 3 N–H and O–H groups in total. The summed E-state index contributed by atoms with van der Waals surface area (Å²) in [7, 11) is 0. The predicted molar refractivity (Wildman–Crippen MR) is 96.5 cm³/mol. The maximum absolute atomic E-state index is 12.6. The number of nitrogens with one attached hydrogen (secondary N) is 3. The SMILES string of the molecule is CC1(C2CC(C(=O)NC3CNN(CC4CCCCC4)C3)NO2)CCC1. The molecule has 3 atom stereocenters. The van der Waals surface area contributed by atoms with Gasteiger partial charge in [0.25, 0.3) is 0 Å². The summed E-state index contributed by atoms with van der Waals surface area (Å²) in [6.07, 6.45) is 11.6. The van der Waals surface area contributed by atoms with Crippen molar-refractivity contribution in [3.05, 3.63) is 0 Å². The molecule has 2 saturated carbocycles. The molecule has 25 heavy (non-hydrogen) atoms. The first-order chi connectivity index (χ1) is 12.1. The van der Waals surface area contributed by atoms with E-state index in [1.807, 2.05) is 0 Å². The van der Waals surface area contributed by atoms with Gasteiger partial charge >= 0.3 is 0 Å². The lowest BCUT2D eigenvalue weighted by atomic mass is 9.65. The molecule has 0 spiro atoms. The number of carbonyl (C=O) groups excluding carboxylic acids is 1. The van der Waals surface area contributed by atoms with Crippen LogP contribution in [0.3, 0.4) is 0 Å². The largest absolute Gasteiger partial charge is 0.349 e. The van der Waals surface area contributed by atoms with Gasteiger partial charge in [-0.2, -0.15) is 5.48 Å². The number of nitrogens with zero attached hydrogens (tertiary/aromatic N) is 1. The van der Waals surface area contributed by atoms with Crippen LogP contribution in [-0.4, -0.2) is 48.7 Å². The highest BCUT2D eigenvalue weighted by Crippen LogP contribution is 2.46. The van der Waals surface area contributed by atoms with Crippen molar-refractivity contribution in [1.29, 1.82) is 0 Å². The van der Waals surface area contributed by atoms with Crippen molar-refractivity contribution in [3.63, 3.8) is 0 Å². The monoisotopic (exact) mass is 350 g/mol. The third kappa shape index (κ3) is 4.02. The van der Waals surface area contributed by atoms with Gasteiger partial charge in [-0.3, -0.25) is 15.1 Å². The highest BCUT2D eigenvalue weighted by atomic mass is 16.7. The van der Waals surface area contributed by atoms with Crippen molar-refractivity contribution >= 4 is 5.91 Å². The van der Waals surface area contributed by atoms with Gasteiger partial charge in [-0.25, -0.2) is 5.01 Å². The maximum Gasteiger partial charge on any atom is 0.239 e. The van der Waals surface area contributed by atoms with Crippen LogP contribution in [0.4, 0.5) is 0 Å². The Morgan fingerprint density at radius 1 is 1.24 bits per heavy atom. The van der Waals surface area contributed by atoms with Crippen LogP contribution in [-0.2, 0) is 9.63 Å². The highest BCUT2D eigenvalue weighted by Gasteiger charge is 2.46. The van der Waals surface area contributed by atoms with E-state index in [9.17, 15) is 4.79 Å². The minimum Gasteiger partial charge on any atom is -0.349 e. The molecule has 0 radical (unpaired) electrons. The number of hydrazine groups is 1. The molecule has 4 aliphatic rings. The average Bonchev–Trinajstić information content (AvgIpc) is 3.23. The van der Waals surface area contributed by atoms with E-state index in [4.69, 9.17) is 4.84 Å². The molecule has 2 saturated heterocycles. The first-order valence-electron chi connectivity index (χ1n) is 10.3. The molecule has 2 heterocycles. The number of hydroxylamine groups is 1. The van der Waals surface area contributed by atoms with Gasteiger partial charge in [-0.05, 0) is 37.0 Å². The fourth-order valence-corrected chi connectivity index (χ4v) is 4.97. The molecular formula is C19H34N4O2. The van der Waals surface area contributed by atoms with E-state index >= 15 is 0 Å². The Bertz CT molecular complexity index is 476. The van der Waals surface area contributed by atoms with E-state index in [0.717, 1.165) is 32.0 Å². The topological polar surface area (TPSA) is 65.6 Å². The van der Waals surface area contributed by atoms with Gasteiger partial charge in [-0.15, -0.1) is 0 Å². The average molecular weight is 351 g/mol. The van der Waals surface area contributed by atoms with Gasteiger partial charge in [0.15, 0.2) is 0 Å². The second-order valence-corrected chi connectivity index (χ2v) is 9.00. The van der Waals surface area contributed by atoms with Crippen molar-refractivity contribution in [2.24, 2.45) is 11.3 Å². The summed E-state index contributed by atoms with van der Waals surface area (Å²) in [6.45, 7) is 5.16. The summed E-state index contributed by atoms with van der Waals surface area (Å²) in [5.74, 6) is 0.918. The van der Waals surface area contributed by atoms with Crippen molar-refractivity contribution < 1.29 is 9.63 Å². The molecule has 6 heteroatoms. The molecule has 0 bridgehead atoms. The Morgan fingerprint density at radius 3 is 2.76 bits per heavy atom. The lowest BCUT2D eigenvalue weighted by Crippen LogP contribution is -2.47. The first-order valence-corrected chi connectivity index (χ1v) is 10.3. The van der Waals surface area contributed by atoms with Crippen LogP contribution in [0.2, 0.25) is 0 Å². The smallest absolute Gasteiger partial charge is 0.239 e. The molecule has 1 amide bonds. The van der Waals surface area contributed by atoms with E-state index in [1.54, 1.807) is 0 Å². The summed E-state index contributed by atoms with van der Waals surface area (Å²) in [5.41, 5.74) is 6.73. The van der Waals surface area contributed by atoms with Crippen molar-refractivity contribution in [1.82, 2.24) is 21.2 Å². The summed E-state index contributed by atoms with van der Waals surface area (Å²) in [4.78, 5) is 18.3. The summed E-state index contributed by atoms with van der Waals surface area (Å²) in [5, 5.41) is 5.53. The van der Waals surface area contributed by atoms with Crippen LogP contribution in [0, 0.1) is 11.3 Å². The van der Waals surface area contributed by atoms with Crippen molar-refractivity contribution in [2.45, 2.75) is 82.9 Å². The third-order valence-electron chi connectivity index (χ3n) is 6.94. The Morgan fingerprint density at radius 2 is 2.04 bits per heavy atom. The van der Waals surface area contributed by atoms with Crippen LogP contribution in [0.15, 0.2) is 0 Å². The fourth-order valence-electron chi connectivity index (χ4n) is 4.97. The van der Waals surface area contributed by atoms with Crippen molar-refractivity contribution in [2.75, 3.05) is 19.6 Å². The Hall–Kier alpha value is -0.690. The number of rotatable bonds is 5. The second-order valence-electron chi connectivity index (χ2n) is 9.00. The zero-order chi connectivity index (χ0) is 17.3. The summed E-state index contributed by atoms with van der Waals surface area (Å²) >= 11 is 0. The normalized spacial score (nSPS) is 36.3. The number of hydrogen-bond donors (Lipinski definition) is 3. The van der Waals surface area contributed by atoms with Crippen LogP contribution in [0.1, 0.15) is 64.7 Å². The highest BCUT2D eigenvalue weighted by molar-refractivity contribution is 5.82. The van der Waals surface area contributed by atoms with Gasteiger partial charge in [0.2, 0.25) is 5.91 Å². The molecular weight excluding hydrogens is 316 g/mol. The second kappa shape index (κ2) is 7.51. The third-order valence-corrected chi connectivity index (χ3v) is 6.94. The minimum absolute atomic E-state index is 0.0942. The maximum atomic E-state index is 12.6. The minimum atomic E-state index is -0.199. The molecule has 4 rings (SSSR count). The quantitative estimate of drug-likeness (QED) is 0.705. The molecule has 6 nitrogen and oxygen atoms in total. The standard InChI is InChI=1S/C19H34N4O2/c1-19(8-5-9-19)17-10-16(22-25-17)18(24)21-15-11-20-23(13-15)12-14-6-3-2-4-7-14/h14-17,20,22H,2-13H2,1H3,(H,21,24). The van der Waals surface area contributed by atoms with Gasteiger partial charge in [0.05, 0.1) is 12.1 Å². The number of hydrogen-bond acceptors (Lipinski definition) is 5. The Kier molecular flexibility index (Phi) is 5.32. The van der Waals surface area contributed by atoms with E-state index in [2.05, 4.69) is 28.2 Å². The molecule has 0 aromatic heterocycles. The van der Waals surface area contributed by atoms with E-state index < -0.39 is 0 Å². The van der Waals surface area contributed by atoms with Gasteiger partial charge < -0.3 is 5.32 Å². The zero-order valence-corrected chi connectivity index (χ0v) is 15.6. The molecule has 0 aromatic rings.